The predicted molar refractivity (Wildman–Crippen MR) is 131 cm³/mol. The molecule has 0 saturated carbocycles. The molecule has 3 heterocycles. The summed E-state index contributed by atoms with van der Waals surface area (Å²) < 4.78 is 1.99. The summed E-state index contributed by atoms with van der Waals surface area (Å²) in [4.78, 5) is 27.0. The molecule has 0 unspecified atom stereocenters. The minimum atomic E-state index is -0.313. The summed E-state index contributed by atoms with van der Waals surface area (Å²) in [6.45, 7) is 3.28. The normalized spacial score (nSPS) is 15.2. The number of nitrogen functional groups attached to an aromatic ring is 1. The molecule has 0 radical (unpaired) electrons. The average Bonchev–Trinajstić information content (AvgIpc) is 3.49. The number of hydrogen-bond donors (Lipinski definition) is 2. The number of hydrogen-bond acceptors (Lipinski definition) is 5. The number of amides is 2. The van der Waals surface area contributed by atoms with Gasteiger partial charge in [0.2, 0.25) is 0 Å². The average molecular weight is 453 g/mol. The lowest BCUT2D eigenvalue weighted by molar-refractivity contribution is -0.0829. The maximum Gasteiger partial charge on any atom is 0.346 e. The lowest BCUT2D eigenvalue weighted by atomic mass is 10.1. The number of nitrogens with zero attached hydrogens (tertiary/aromatic N) is 4. The van der Waals surface area contributed by atoms with Crippen LogP contribution in [-0.4, -0.2) is 32.2 Å². The van der Waals surface area contributed by atoms with Gasteiger partial charge >= 0.3 is 6.03 Å². The van der Waals surface area contributed by atoms with Crippen LogP contribution in [0.3, 0.4) is 0 Å². The van der Waals surface area contributed by atoms with Gasteiger partial charge in [-0.3, -0.25) is 4.84 Å². The molecule has 1 fully saturated rings. The minimum Gasteiger partial charge on any atom is -0.383 e. The van der Waals surface area contributed by atoms with Crippen LogP contribution in [-0.2, 0) is 11.4 Å². The van der Waals surface area contributed by atoms with Gasteiger partial charge in [-0.05, 0) is 30.7 Å². The molecule has 2 amide bonds. The van der Waals surface area contributed by atoms with Crippen LogP contribution in [0.25, 0.3) is 11.0 Å². The van der Waals surface area contributed by atoms with Gasteiger partial charge < -0.3 is 15.6 Å². The molecule has 5 rings (SSSR count). The number of nitrogens with two attached hydrogens (primary N) is 1. The molecule has 1 saturated heterocycles. The number of rotatable bonds is 3. The van der Waals surface area contributed by atoms with Crippen LogP contribution in [0.15, 0.2) is 67.1 Å². The van der Waals surface area contributed by atoms with Gasteiger partial charge in [0.05, 0.1) is 23.6 Å². The lowest BCUT2D eigenvalue weighted by Crippen LogP contribution is -2.33. The van der Waals surface area contributed by atoms with Crippen molar-refractivity contribution >= 4 is 28.6 Å². The Morgan fingerprint density at radius 2 is 2.03 bits per heavy atom. The van der Waals surface area contributed by atoms with E-state index < -0.39 is 0 Å². The summed E-state index contributed by atoms with van der Waals surface area (Å²) in [5.74, 6) is 6.75. The van der Waals surface area contributed by atoms with E-state index in [4.69, 9.17) is 10.6 Å². The Balaban J connectivity index is 1.36. The van der Waals surface area contributed by atoms with Crippen LogP contribution < -0.4 is 11.1 Å². The van der Waals surface area contributed by atoms with E-state index >= 15 is 0 Å². The largest absolute Gasteiger partial charge is 0.383 e. The topological polar surface area (TPSA) is 98.3 Å². The van der Waals surface area contributed by atoms with Crippen molar-refractivity contribution in [2.24, 2.45) is 0 Å². The Morgan fingerprint density at radius 3 is 2.85 bits per heavy atom. The molecule has 4 aromatic rings. The van der Waals surface area contributed by atoms with E-state index in [1.54, 1.807) is 0 Å². The van der Waals surface area contributed by atoms with Gasteiger partial charge in [0.25, 0.3) is 0 Å². The summed E-state index contributed by atoms with van der Waals surface area (Å²) in [5.41, 5.74) is 10.1. The molecule has 0 spiro atoms. The van der Waals surface area contributed by atoms with E-state index in [0.717, 1.165) is 40.7 Å². The van der Waals surface area contributed by atoms with Crippen LogP contribution in [0.2, 0.25) is 0 Å². The molecule has 8 heteroatoms. The molecule has 1 aliphatic rings. The van der Waals surface area contributed by atoms with Crippen LogP contribution in [0, 0.1) is 11.8 Å². The summed E-state index contributed by atoms with van der Waals surface area (Å²) in [6, 6.07) is 16.9. The molecule has 2 aromatic carbocycles. The van der Waals surface area contributed by atoms with Crippen LogP contribution in [0.4, 0.5) is 16.3 Å². The highest BCUT2D eigenvalue weighted by Gasteiger charge is 2.31. The summed E-state index contributed by atoms with van der Waals surface area (Å²) in [6.07, 6.45) is 4.14. The zero-order valence-corrected chi connectivity index (χ0v) is 18.7. The summed E-state index contributed by atoms with van der Waals surface area (Å²) in [5, 5.41) is 5.09. The zero-order chi connectivity index (χ0) is 23.5. The highest BCUT2D eigenvalue weighted by molar-refractivity contribution is 5.92. The van der Waals surface area contributed by atoms with Crippen molar-refractivity contribution in [3.05, 3.63) is 83.8 Å². The van der Waals surface area contributed by atoms with Gasteiger partial charge in [-0.1, -0.05) is 48.2 Å². The number of aromatic nitrogens is 3. The fourth-order valence-corrected chi connectivity index (χ4v) is 4.12. The number of hydroxylamine groups is 2. The van der Waals surface area contributed by atoms with Crippen molar-refractivity contribution < 1.29 is 9.63 Å². The Kier molecular flexibility index (Phi) is 5.85. The van der Waals surface area contributed by atoms with E-state index in [-0.39, 0.29) is 12.1 Å². The molecule has 1 atom stereocenters. The fourth-order valence-electron chi connectivity index (χ4n) is 4.12. The van der Waals surface area contributed by atoms with E-state index in [9.17, 15) is 4.79 Å². The molecule has 8 nitrogen and oxygen atoms in total. The van der Waals surface area contributed by atoms with Crippen molar-refractivity contribution in [3.8, 4) is 11.8 Å². The Labute approximate surface area is 197 Å². The number of aryl methyl sites for hydroxylation is 1. The van der Waals surface area contributed by atoms with Gasteiger partial charge in [-0.15, -0.1) is 0 Å². The SMILES string of the molecule is CCn1cc(C#Cc2cccc(NC(=O)N3OCC[C@H]3c3ccccc3)c2)c2c(N)ncnc21. The quantitative estimate of drug-likeness (QED) is 0.451. The Morgan fingerprint density at radius 1 is 1.18 bits per heavy atom. The van der Waals surface area contributed by atoms with Gasteiger partial charge in [0.1, 0.15) is 17.8 Å². The molecule has 0 bridgehead atoms. The first-order chi connectivity index (χ1) is 16.6. The van der Waals surface area contributed by atoms with E-state index in [2.05, 4.69) is 27.1 Å². The number of carbonyl (C=O) groups excluding carboxylic acids is 1. The first-order valence-electron chi connectivity index (χ1n) is 11.1. The van der Waals surface area contributed by atoms with Gasteiger partial charge in [-0.25, -0.2) is 14.8 Å². The van der Waals surface area contributed by atoms with Crippen molar-refractivity contribution in [3.63, 3.8) is 0 Å². The zero-order valence-electron chi connectivity index (χ0n) is 18.7. The second-order valence-corrected chi connectivity index (χ2v) is 7.92. The molecular formula is C26H24N6O2. The molecule has 0 aliphatic carbocycles. The molecule has 3 N–H and O–H groups in total. The van der Waals surface area contributed by atoms with Crippen molar-refractivity contribution in [2.45, 2.75) is 25.9 Å². The molecule has 2 aromatic heterocycles. The van der Waals surface area contributed by atoms with E-state index in [0.29, 0.717) is 18.1 Å². The second-order valence-electron chi connectivity index (χ2n) is 7.92. The number of urea groups is 1. The van der Waals surface area contributed by atoms with Crippen molar-refractivity contribution in [1.82, 2.24) is 19.6 Å². The third-order valence-corrected chi connectivity index (χ3v) is 5.77. The van der Waals surface area contributed by atoms with E-state index in [1.807, 2.05) is 72.3 Å². The predicted octanol–water partition coefficient (Wildman–Crippen LogP) is 4.34. The first-order valence-corrected chi connectivity index (χ1v) is 11.1. The van der Waals surface area contributed by atoms with Crippen molar-refractivity contribution in [1.29, 1.82) is 0 Å². The number of nitrogens with one attached hydrogen (secondary N) is 1. The lowest BCUT2D eigenvalue weighted by Gasteiger charge is -2.23. The summed E-state index contributed by atoms with van der Waals surface area (Å²) >= 11 is 0. The number of benzene rings is 2. The third-order valence-electron chi connectivity index (χ3n) is 5.77. The maximum atomic E-state index is 12.9. The fraction of sp³-hybridized carbons (Fsp3) is 0.192. The monoisotopic (exact) mass is 452 g/mol. The minimum absolute atomic E-state index is 0.118. The first kappa shape index (κ1) is 21.5. The number of fused-ring (bicyclic) bond motifs is 1. The Hall–Kier alpha value is -4.35. The molecule has 170 valence electrons. The molecular weight excluding hydrogens is 428 g/mol. The molecule has 34 heavy (non-hydrogen) atoms. The van der Waals surface area contributed by atoms with Crippen LogP contribution in [0.5, 0.6) is 0 Å². The van der Waals surface area contributed by atoms with Gasteiger partial charge in [-0.2, -0.15) is 5.06 Å². The van der Waals surface area contributed by atoms with Gasteiger partial charge in [0, 0.05) is 30.4 Å². The van der Waals surface area contributed by atoms with Crippen LogP contribution in [0.1, 0.15) is 36.1 Å². The maximum absolute atomic E-state index is 12.9. The highest BCUT2D eigenvalue weighted by Crippen LogP contribution is 2.30. The van der Waals surface area contributed by atoms with Gasteiger partial charge in [0.15, 0.2) is 0 Å². The third kappa shape index (κ3) is 4.17. The second kappa shape index (κ2) is 9.25. The Bertz CT molecular complexity index is 1400. The summed E-state index contributed by atoms with van der Waals surface area (Å²) in [7, 11) is 0. The number of anilines is 2. The van der Waals surface area contributed by atoms with Crippen molar-refractivity contribution in [2.75, 3.05) is 17.7 Å². The smallest absolute Gasteiger partial charge is 0.346 e. The van der Waals surface area contributed by atoms with E-state index in [1.165, 1.54) is 11.4 Å². The highest BCUT2D eigenvalue weighted by atomic mass is 16.7. The van der Waals surface area contributed by atoms with Crippen LogP contribution >= 0.6 is 0 Å². The molecule has 1 aliphatic heterocycles. The number of carbonyl (C=O) groups is 1. The standard InChI is InChI=1S/C26H24N6O2/c1-2-31-16-20(23-24(27)28-17-29-25(23)31)12-11-18-7-6-10-21(15-18)30-26(33)32-22(13-14-34-32)19-8-4-3-5-9-19/h3-10,15-17,22H,2,13-14H2,1H3,(H,30,33)(H2,27,28,29)/t22-/m0/s1.